The van der Waals surface area contributed by atoms with Crippen molar-refractivity contribution in [1.82, 2.24) is 0 Å². The lowest BCUT2D eigenvalue weighted by molar-refractivity contribution is -0.907. The van der Waals surface area contributed by atoms with Gasteiger partial charge in [-0.1, -0.05) is 0 Å². The molecule has 0 bridgehead atoms. The molecule has 1 aliphatic heterocycles. The second-order valence-corrected chi connectivity index (χ2v) is 5.90. The normalized spacial score (nSPS) is 24.6. The van der Waals surface area contributed by atoms with E-state index < -0.39 is 0 Å². The maximum absolute atomic E-state index is 12.1. The Labute approximate surface area is 130 Å². The molecule has 1 aromatic rings. The van der Waals surface area contributed by atoms with Crippen molar-refractivity contribution in [2.24, 2.45) is 0 Å². The predicted molar refractivity (Wildman–Crippen MR) is 84.9 cm³/mol. The molecule has 3 N–H and O–H groups in total. The molecule has 1 heterocycles. The van der Waals surface area contributed by atoms with Crippen LogP contribution < -0.4 is 15.5 Å². The Kier molecular flexibility index (Phi) is 5.51. The molecule has 0 aliphatic carbocycles. The number of morpholine rings is 1. The van der Waals surface area contributed by atoms with Crippen LogP contribution >= 0.6 is 0 Å². The predicted octanol–water partition coefficient (Wildman–Crippen LogP) is 0.276. The SMILES string of the molecule is CC(=O)Nc1ccc(NC(=O)C[NH+]2C[C@@H](C)O[C@@H](C)C2)cc1. The number of benzene rings is 1. The van der Waals surface area contributed by atoms with Crippen molar-refractivity contribution in [3.05, 3.63) is 24.3 Å². The summed E-state index contributed by atoms with van der Waals surface area (Å²) in [6.45, 7) is 7.66. The summed E-state index contributed by atoms with van der Waals surface area (Å²) in [6.07, 6.45) is 0.368. The van der Waals surface area contributed by atoms with E-state index in [1.807, 2.05) is 13.8 Å². The van der Waals surface area contributed by atoms with Crippen LogP contribution in [0.15, 0.2) is 24.3 Å². The zero-order valence-corrected chi connectivity index (χ0v) is 13.3. The molecule has 6 nitrogen and oxygen atoms in total. The van der Waals surface area contributed by atoms with Gasteiger partial charge in [-0.2, -0.15) is 0 Å². The third-order valence-electron chi connectivity index (χ3n) is 3.52. The standard InChI is InChI=1S/C16H23N3O3/c1-11-8-19(9-12(2)22-11)10-16(21)18-15-6-4-14(5-7-15)17-13(3)20/h4-7,11-12H,8-10H2,1-3H3,(H,17,20)(H,18,21)/p+1/t11-,12+. The second-order valence-electron chi connectivity index (χ2n) is 5.90. The zero-order valence-electron chi connectivity index (χ0n) is 13.3. The Bertz CT molecular complexity index is 520. The summed E-state index contributed by atoms with van der Waals surface area (Å²) < 4.78 is 5.67. The zero-order chi connectivity index (χ0) is 16.1. The van der Waals surface area contributed by atoms with Crippen LogP contribution in [0, 0.1) is 0 Å². The van der Waals surface area contributed by atoms with Crippen molar-refractivity contribution < 1.29 is 19.2 Å². The van der Waals surface area contributed by atoms with Crippen molar-refractivity contribution in [3.8, 4) is 0 Å². The van der Waals surface area contributed by atoms with Gasteiger partial charge >= 0.3 is 0 Å². The summed E-state index contributed by atoms with van der Waals surface area (Å²) in [5.74, 6) is -0.125. The summed E-state index contributed by atoms with van der Waals surface area (Å²) >= 11 is 0. The molecule has 0 spiro atoms. The molecule has 6 heteroatoms. The quantitative estimate of drug-likeness (QED) is 0.748. The number of hydrogen-bond donors (Lipinski definition) is 3. The monoisotopic (exact) mass is 306 g/mol. The van der Waals surface area contributed by atoms with Crippen LogP contribution in [0.4, 0.5) is 11.4 Å². The van der Waals surface area contributed by atoms with Gasteiger partial charge in [-0.15, -0.1) is 0 Å². The van der Waals surface area contributed by atoms with E-state index in [1.165, 1.54) is 11.8 Å². The first-order chi connectivity index (χ1) is 10.4. The van der Waals surface area contributed by atoms with Crippen molar-refractivity contribution in [1.29, 1.82) is 0 Å². The van der Waals surface area contributed by atoms with Crippen LogP contribution in [-0.2, 0) is 14.3 Å². The average Bonchev–Trinajstić information content (AvgIpc) is 2.39. The Morgan fingerprint density at radius 2 is 1.59 bits per heavy atom. The summed E-state index contributed by atoms with van der Waals surface area (Å²) in [5.41, 5.74) is 1.44. The number of quaternary nitrogens is 1. The maximum Gasteiger partial charge on any atom is 0.279 e. The fraction of sp³-hybridized carbons (Fsp3) is 0.500. The summed E-state index contributed by atoms with van der Waals surface area (Å²) in [7, 11) is 0. The van der Waals surface area contributed by atoms with E-state index in [2.05, 4.69) is 10.6 Å². The fourth-order valence-electron chi connectivity index (χ4n) is 2.81. The van der Waals surface area contributed by atoms with Gasteiger partial charge in [0.05, 0.1) is 0 Å². The van der Waals surface area contributed by atoms with Gasteiger partial charge in [-0.3, -0.25) is 9.59 Å². The molecular formula is C16H24N3O3+. The highest BCUT2D eigenvalue weighted by Crippen LogP contribution is 2.13. The summed E-state index contributed by atoms with van der Waals surface area (Å²) in [6, 6.07) is 7.09. The van der Waals surface area contributed by atoms with Crippen LogP contribution in [0.2, 0.25) is 0 Å². The van der Waals surface area contributed by atoms with Crippen LogP contribution in [0.5, 0.6) is 0 Å². The fourth-order valence-corrected chi connectivity index (χ4v) is 2.81. The lowest BCUT2D eigenvalue weighted by atomic mass is 10.2. The number of hydrogen-bond acceptors (Lipinski definition) is 3. The maximum atomic E-state index is 12.1. The molecule has 2 rings (SSSR count). The third-order valence-corrected chi connectivity index (χ3v) is 3.52. The van der Waals surface area contributed by atoms with Gasteiger partial charge in [-0.05, 0) is 38.1 Å². The van der Waals surface area contributed by atoms with E-state index in [0.29, 0.717) is 12.2 Å². The van der Waals surface area contributed by atoms with Gasteiger partial charge < -0.3 is 20.3 Å². The molecule has 120 valence electrons. The average molecular weight is 306 g/mol. The van der Waals surface area contributed by atoms with Crippen LogP contribution in [-0.4, -0.2) is 43.7 Å². The Balaban J connectivity index is 1.85. The van der Waals surface area contributed by atoms with E-state index in [1.54, 1.807) is 24.3 Å². The molecule has 1 unspecified atom stereocenters. The molecule has 3 atom stereocenters. The number of nitrogens with one attached hydrogen (secondary N) is 3. The Morgan fingerprint density at radius 1 is 1.09 bits per heavy atom. The second kappa shape index (κ2) is 7.38. The summed E-state index contributed by atoms with van der Waals surface area (Å²) in [5, 5.41) is 5.58. The van der Waals surface area contributed by atoms with E-state index in [-0.39, 0.29) is 24.0 Å². The number of anilines is 2. The van der Waals surface area contributed by atoms with E-state index >= 15 is 0 Å². The van der Waals surface area contributed by atoms with Crippen LogP contribution in [0.1, 0.15) is 20.8 Å². The molecule has 0 saturated carbocycles. The third kappa shape index (κ3) is 5.13. The van der Waals surface area contributed by atoms with Gasteiger partial charge in [0.2, 0.25) is 5.91 Å². The Morgan fingerprint density at radius 3 is 2.09 bits per heavy atom. The van der Waals surface area contributed by atoms with E-state index in [9.17, 15) is 9.59 Å². The number of carbonyl (C=O) groups excluding carboxylic acids is 2. The van der Waals surface area contributed by atoms with Crippen molar-refractivity contribution in [2.45, 2.75) is 33.0 Å². The first-order valence-electron chi connectivity index (χ1n) is 7.59. The van der Waals surface area contributed by atoms with Gasteiger partial charge in [0.25, 0.3) is 5.91 Å². The lowest BCUT2D eigenvalue weighted by Gasteiger charge is -2.31. The molecular weight excluding hydrogens is 282 g/mol. The first kappa shape index (κ1) is 16.5. The molecule has 0 aromatic heterocycles. The number of rotatable bonds is 4. The molecule has 1 aliphatic rings. The van der Waals surface area contributed by atoms with Gasteiger partial charge in [0, 0.05) is 18.3 Å². The number of carbonyl (C=O) groups is 2. The number of ether oxygens (including phenoxy) is 1. The smallest absolute Gasteiger partial charge is 0.279 e. The van der Waals surface area contributed by atoms with Crippen molar-refractivity contribution >= 4 is 23.2 Å². The first-order valence-corrected chi connectivity index (χ1v) is 7.59. The highest BCUT2D eigenvalue weighted by atomic mass is 16.5. The topological polar surface area (TPSA) is 71.9 Å². The molecule has 1 aromatic carbocycles. The Hall–Kier alpha value is -1.92. The van der Waals surface area contributed by atoms with Crippen LogP contribution in [0.25, 0.3) is 0 Å². The molecule has 0 radical (unpaired) electrons. The van der Waals surface area contributed by atoms with Crippen molar-refractivity contribution in [2.75, 3.05) is 30.3 Å². The minimum Gasteiger partial charge on any atom is -0.364 e. The molecule has 22 heavy (non-hydrogen) atoms. The summed E-state index contributed by atoms with van der Waals surface area (Å²) in [4.78, 5) is 24.3. The highest BCUT2D eigenvalue weighted by Gasteiger charge is 2.27. The molecule has 1 saturated heterocycles. The van der Waals surface area contributed by atoms with Gasteiger partial charge in [-0.25, -0.2) is 0 Å². The molecule has 2 amide bonds. The van der Waals surface area contributed by atoms with Gasteiger partial charge in [0.1, 0.15) is 25.3 Å². The van der Waals surface area contributed by atoms with Gasteiger partial charge in [0.15, 0.2) is 6.54 Å². The largest absolute Gasteiger partial charge is 0.364 e. The molecule has 1 fully saturated rings. The minimum absolute atomic E-state index is 0.0106. The highest BCUT2D eigenvalue weighted by molar-refractivity contribution is 5.92. The van der Waals surface area contributed by atoms with Crippen LogP contribution in [0.3, 0.4) is 0 Å². The minimum atomic E-state index is -0.115. The van der Waals surface area contributed by atoms with Crippen molar-refractivity contribution in [3.63, 3.8) is 0 Å². The van der Waals surface area contributed by atoms with E-state index in [4.69, 9.17) is 4.74 Å². The van der Waals surface area contributed by atoms with E-state index in [0.717, 1.165) is 18.8 Å². The number of amides is 2. The lowest BCUT2D eigenvalue weighted by Crippen LogP contribution is -3.16.